The number of carbonyl (C=O) groups excluding carboxylic acids is 2. The van der Waals surface area contributed by atoms with Crippen molar-refractivity contribution in [3.05, 3.63) is 67.9 Å². The van der Waals surface area contributed by atoms with Gasteiger partial charge < -0.3 is 10.6 Å². The van der Waals surface area contributed by atoms with E-state index in [0.717, 1.165) is 11.6 Å². The van der Waals surface area contributed by atoms with E-state index in [1.807, 2.05) is 0 Å². The van der Waals surface area contributed by atoms with Crippen LogP contribution in [0.5, 0.6) is 0 Å². The number of benzene rings is 2. The van der Waals surface area contributed by atoms with Gasteiger partial charge in [-0.15, -0.1) is 0 Å². The lowest BCUT2D eigenvalue weighted by Gasteiger charge is -2.08. The average Bonchev–Trinajstić information content (AvgIpc) is 2.56. The zero-order valence-electron chi connectivity index (χ0n) is 13.6. The van der Waals surface area contributed by atoms with E-state index in [0.29, 0.717) is 27.5 Å². The molecular weight excluding hydrogens is 446 g/mol. The molecule has 2 rings (SSSR count). The predicted octanol–water partition coefficient (Wildman–Crippen LogP) is 4.37. The second kappa shape index (κ2) is 9.90. The standard InChI is InChI=1S/C18H16BrCl2FN2O2/c19-16-2-1-14(22)10-15(16)18(26)24-6-4-17(25)23-5-3-11-7-12(20)9-13(21)8-11/h1-2,7-10H,3-6H2,(H,23,25)(H,24,26). The number of hydrogen-bond acceptors (Lipinski definition) is 2. The van der Waals surface area contributed by atoms with Crippen LogP contribution in [-0.2, 0) is 11.2 Å². The highest BCUT2D eigenvalue weighted by Crippen LogP contribution is 2.19. The van der Waals surface area contributed by atoms with Gasteiger partial charge in [0.15, 0.2) is 0 Å². The van der Waals surface area contributed by atoms with Gasteiger partial charge in [0, 0.05) is 34.0 Å². The maximum absolute atomic E-state index is 13.2. The molecule has 0 heterocycles. The molecule has 0 aliphatic heterocycles. The first-order chi connectivity index (χ1) is 12.3. The molecule has 0 bridgehead atoms. The van der Waals surface area contributed by atoms with E-state index in [-0.39, 0.29) is 24.4 Å². The molecule has 2 amide bonds. The Hall–Kier alpha value is -1.63. The molecule has 0 unspecified atom stereocenters. The first kappa shape index (κ1) is 20.7. The van der Waals surface area contributed by atoms with Gasteiger partial charge in [-0.1, -0.05) is 23.2 Å². The van der Waals surface area contributed by atoms with Crippen molar-refractivity contribution in [1.82, 2.24) is 10.6 Å². The van der Waals surface area contributed by atoms with Crippen LogP contribution in [0.3, 0.4) is 0 Å². The zero-order chi connectivity index (χ0) is 19.1. The first-order valence-corrected chi connectivity index (χ1v) is 9.35. The summed E-state index contributed by atoms with van der Waals surface area (Å²) >= 11 is 15.0. The Kier molecular flexibility index (Phi) is 7.87. The highest BCUT2D eigenvalue weighted by Gasteiger charge is 2.11. The summed E-state index contributed by atoms with van der Waals surface area (Å²) in [6.45, 7) is 0.579. The third-order valence-electron chi connectivity index (χ3n) is 3.47. The monoisotopic (exact) mass is 460 g/mol. The maximum atomic E-state index is 13.2. The van der Waals surface area contributed by atoms with Crippen LogP contribution >= 0.6 is 39.1 Å². The van der Waals surface area contributed by atoms with Gasteiger partial charge >= 0.3 is 0 Å². The molecule has 0 saturated carbocycles. The molecule has 8 heteroatoms. The zero-order valence-corrected chi connectivity index (χ0v) is 16.7. The smallest absolute Gasteiger partial charge is 0.252 e. The lowest BCUT2D eigenvalue weighted by Crippen LogP contribution is -2.31. The Labute approximate surface area is 169 Å². The van der Waals surface area contributed by atoms with Crippen molar-refractivity contribution < 1.29 is 14.0 Å². The molecule has 0 atom stereocenters. The van der Waals surface area contributed by atoms with Crippen molar-refractivity contribution in [3.8, 4) is 0 Å². The minimum Gasteiger partial charge on any atom is -0.356 e. The average molecular weight is 462 g/mol. The van der Waals surface area contributed by atoms with Crippen LogP contribution in [-0.4, -0.2) is 24.9 Å². The van der Waals surface area contributed by atoms with Crippen molar-refractivity contribution in [3.63, 3.8) is 0 Å². The molecule has 0 saturated heterocycles. The van der Waals surface area contributed by atoms with Crippen molar-refractivity contribution in [2.24, 2.45) is 0 Å². The second-order valence-electron chi connectivity index (χ2n) is 5.51. The molecule has 0 aromatic heterocycles. The summed E-state index contributed by atoms with van der Waals surface area (Å²) in [6.07, 6.45) is 0.712. The van der Waals surface area contributed by atoms with Crippen molar-refractivity contribution in [2.45, 2.75) is 12.8 Å². The number of hydrogen-bond donors (Lipinski definition) is 2. The van der Waals surface area contributed by atoms with Gasteiger partial charge in [-0.2, -0.15) is 0 Å². The fraction of sp³-hybridized carbons (Fsp3) is 0.222. The summed E-state index contributed by atoms with van der Waals surface area (Å²) in [4.78, 5) is 23.8. The van der Waals surface area contributed by atoms with Gasteiger partial charge in [-0.05, 0) is 64.3 Å². The number of nitrogens with one attached hydrogen (secondary N) is 2. The van der Waals surface area contributed by atoms with E-state index in [1.165, 1.54) is 12.1 Å². The third-order valence-corrected chi connectivity index (χ3v) is 4.60. The second-order valence-corrected chi connectivity index (χ2v) is 7.23. The molecule has 0 aliphatic carbocycles. The van der Waals surface area contributed by atoms with Gasteiger partial charge in [-0.25, -0.2) is 4.39 Å². The molecule has 2 aromatic rings. The Morgan fingerprint density at radius 3 is 2.38 bits per heavy atom. The lowest BCUT2D eigenvalue weighted by atomic mass is 10.1. The summed E-state index contributed by atoms with van der Waals surface area (Å²) in [6, 6.07) is 9.06. The van der Waals surface area contributed by atoms with Crippen LogP contribution in [0, 0.1) is 5.82 Å². The largest absolute Gasteiger partial charge is 0.356 e. The molecule has 0 aliphatic rings. The van der Waals surface area contributed by atoms with Gasteiger partial charge in [0.05, 0.1) is 5.56 Å². The van der Waals surface area contributed by atoms with Gasteiger partial charge in [0.25, 0.3) is 5.91 Å². The van der Waals surface area contributed by atoms with Crippen molar-refractivity contribution in [2.75, 3.05) is 13.1 Å². The van der Waals surface area contributed by atoms with Crippen molar-refractivity contribution >= 4 is 50.9 Å². The Bertz CT molecular complexity index is 798. The molecule has 26 heavy (non-hydrogen) atoms. The topological polar surface area (TPSA) is 58.2 Å². The fourth-order valence-corrected chi connectivity index (χ4v) is 3.24. The van der Waals surface area contributed by atoms with E-state index in [9.17, 15) is 14.0 Å². The van der Waals surface area contributed by atoms with E-state index >= 15 is 0 Å². The molecule has 2 aromatic carbocycles. The maximum Gasteiger partial charge on any atom is 0.252 e. The first-order valence-electron chi connectivity index (χ1n) is 7.80. The normalized spacial score (nSPS) is 10.5. The molecule has 138 valence electrons. The molecule has 0 spiro atoms. The molecule has 4 nitrogen and oxygen atoms in total. The third kappa shape index (κ3) is 6.59. The molecular formula is C18H16BrCl2FN2O2. The number of rotatable bonds is 7. The minimum atomic E-state index is -0.503. The Balaban J connectivity index is 1.71. The van der Waals surface area contributed by atoms with E-state index in [4.69, 9.17) is 23.2 Å². The molecule has 2 N–H and O–H groups in total. The number of amides is 2. The Morgan fingerprint density at radius 1 is 1.00 bits per heavy atom. The van der Waals surface area contributed by atoms with Gasteiger partial charge in [0.1, 0.15) is 5.82 Å². The van der Waals surface area contributed by atoms with Crippen LogP contribution in [0.4, 0.5) is 4.39 Å². The van der Waals surface area contributed by atoms with Gasteiger partial charge in [-0.3, -0.25) is 9.59 Å². The van der Waals surface area contributed by atoms with Crippen LogP contribution in [0.15, 0.2) is 40.9 Å². The van der Waals surface area contributed by atoms with Crippen LogP contribution < -0.4 is 10.6 Å². The highest BCUT2D eigenvalue weighted by molar-refractivity contribution is 9.10. The summed E-state index contributed by atoms with van der Waals surface area (Å²) in [7, 11) is 0. The van der Waals surface area contributed by atoms with Crippen LogP contribution in [0.1, 0.15) is 22.3 Å². The SMILES string of the molecule is O=C(CCNC(=O)c1cc(F)ccc1Br)NCCc1cc(Cl)cc(Cl)c1. The minimum absolute atomic E-state index is 0.120. The summed E-state index contributed by atoms with van der Waals surface area (Å²) in [5.41, 5.74) is 1.11. The summed E-state index contributed by atoms with van der Waals surface area (Å²) in [5, 5.41) is 6.44. The quantitative estimate of drug-likeness (QED) is 0.643. The van der Waals surface area contributed by atoms with E-state index in [2.05, 4.69) is 26.6 Å². The highest BCUT2D eigenvalue weighted by atomic mass is 79.9. The Morgan fingerprint density at radius 2 is 1.69 bits per heavy atom. The summed E-state index contributed by atoms with van der Waals surface area (Å²) in [5.74, 6) is -1.15. The fourth-order valence-electron chi connectivity index (χ4n) is 2.25. The van der Waals surface area contributed by atoms with E-state index < -0.39 is 11.7 Å². The van der Waals surface area contributed by atoms with Gasteiger partial charge in [0.2, 0.25) is 5.91 Å². The van der Waals surface area contributed by atoms with Crippen LogP contribution in [0.25, 0.3) is 0 Å². The van der Waals surface area contributed by atoms with Crippen LogP contribution in [0.2, 0.25) is 10.0 Å². The number of halogens is 4. The lowest BCUT2D eigenvalue weighted by molar-refractivity contribution is -0.120. The van der Waals surface area contributed by atoms with E-state index in [1.54, 1.807) is 18.2 Å². The number of carbonyl (C=O) groups is 2. The molecule has 0 radical (unpaired) electrons. The predicted molar refractivity (Wildman–Crippen MR) is 104 cm³/mol. The summed E-state index contributed by atoms with van der Waals surface area (Å²) < 4.78 is 13.7. The molecule has 0 fully saturated rings. The van der Waals surface area contributed by atoms with Crippen molar-refractivity contribution in [1.29, 1.82) is 0 Å².